The fraction of sp³-hybridized carbons (Fsp3) is 0.600. The molecule has 1 aliphatic rings. The van der Waals surface area contributed by atoms with E-state index in [4.69, 9.17) is 11.6 Å². The first-order valence-electron chi connectivity index (χ1n) is 6.86. The Hall–Kier alpha value is -0.600. The van der Waals surface area contributed by atoms with Gasteiger partial charge in [0.25, 0.3) is 0 Å². The van der Waals surface area contributed by atoms with Gasteiger partial charge in [0.2, 0.25) is 0 Å². The summed E-state index contributed by atoms with van der Waals surface area (Å²) in [5.41, 5.74) is 1.07. The lowest BCUT2D eigenvalue weighted by molar-refractivity contribution is 0.287. The van der Waals surface area contributed by atoms with E-state index >= 15 is 0 Å². The van der Waals surface area contributed by atoms with Crippen molar-refractivity contribution in [2.24, 2.45) is 5.92 Å². The van der Waals surface area contributed by atoms with Crippen LogP contribution in [0.15, 0.2) is 18.2 Å². The highest BCUT2D eigenvalue weighted by molar-refractivity contribution is 6.30. The molecule has 2 rings (SSSR count). The second-order valence-electron chi connectivity index (χ2n) is 5.24. The van der Waals surface area contributed by atoms with Crippen LogP contribution in [0.3, 0.4) is 0 Å². The van der Waals surface area contributed by atoms with Crippen LogP contribution in [-0.2, 0) is 6.42 Å². The van der Waals surface area contributed by atoms with Gasteiger partial charge in [0.15, 0.2) is 0 Å². The van der Waals surface area contributed by atoms with E-state index in [2.05, 4.69) is 12.2 Å². The van der Waals surface area contributed by atoms with E-state index in [1.54, 1.807) is 12.1 Å². The second-order valence-corrected chi connectivity index (χ2v) is 5.65. The number of hydrogen-bond acceptors (Lipinski definition) is 1. The van der Waals surface area contributed by atoms with E-state index < -0.39 is 0 Å². The lowest BCUT2D eigenvalue weighted by Gasteiger charge is -2.29. The van der Waals surface area contributed by atoms with Crippen molar-refractivity contribution in [1.82, 2.24) is 5.32 Å². The van der Waals surface area contributed by atoms with Crippen LogP contribution < -0.4 is 5.32 Å². The number of hydrogen-bond donors (Lipinski definition) is 1. The first kappa shape index (κ1) is 13.8. The molecular weight excluding hydrogens is 249 g/mol. The van der Waals surface area contributed by atoms with Crippen LogP contribution in [-0.4, -0.2) is 12.6 Å². The average molecular weight is 270 g/mol. The third-order valence-electron chi connectivity index (χ3n) is 3.78. The largest absolute Gasteiger partial charge is 0.314 e. The Bertz CT molecular complexity index is 392. The molecular formula is C15H21ClFN. The molecule has 0 amide bonds. The summed E-state index contributed by atoms with van der Waals surface area (Å²) in [5, 5.41) is 3.74. The van der Waals surface area contributed by atoms with Crippen molar-refractivity contribution in [2.45, 2.75) is 45.1 Å². The van der Waals surface area contributed by atoms with Crippen LogP contribution in [0.2, 0.25) is 5.02 Å². The maximum absolute atomic E-state index is 13.4. The van der Waals surface area contributed by atoms with Gasteiger partial charge in [-0.3, -0.25) is 0 Å². The molecule has 100 valence electrons. The quantitative estimate of drug-likeness (QED) is 0.864. The van der Waals surface area contributed by atoms with E-state index in [0.717, 1.165) is 18.5 Å². The Kier molecular flexibility index (Phi) is 5.02. The van der Waals surface area contributed by atoms with Crippen molar-refractivity contribution in [3.8, 4) is 0 Å². The van der Waals surface area contributed by atoms with E-state index in [1.165, 1.54) is 25.7 Å². The zero-order valence-electron chi connectivity index (χ0n) is 10.9. The van der Waals surface area contributed by atoms with Crippen molar-refractivity contribution >= 4 is 11.6 Å². The van der Waals surface area contributed by atoms with Gasteiger partial charge in [-0.2, -0.15) is 0 Å². The molecule has 3 heteroatoms. The van der Waals surface area contributed by atoms with E-state index in [-0.39, 0.29) is 10.8 Å². The highest BCUT2D eigenvalue weighted by Gasteiger charge is 2.21. The van der Waals surface area contributed by atoms with Crippen molar-refractivity contribution in [3.63, 3.8) is 0 Å². The second kappa shape index (κ2) is 6.53. The molecule has 1 nitrogen and oxygen atoms in total. The summed E-state index contributed by atoms with van der Waals surface area (Å²) in [6.45, 7) is 3.19. The summed E-state index contributed by atoms with van der Waals surface area (Å²) in [6, 6.07) is 5.84. The SMILES string of the molecule is CCNC1CCCC(Cc2ccc(Cl)c(F)c2)C1. The minimum atomic E-state index is -0.298. The first-order valence-corrected chi connectivity index (χ1v) is 7.24. The van der Waals surface area contributed by atoms with Gasteiger partial charge in [0.1, 0.15) is 5.82 Å². The van der Waals surface area contributed by atoms with E-state index in [0.29, 0.717) is 12.0 Å². The number of halogens is 2. The van der Waals surface area contributed by atoms with Crippen LogP contribution in [0.1, 0.15) is 38.2 Å². The number of rotatable bonds is 4. The maximum Gasteiger partial charge on any atom is 0.142 e. The Balaban J connectivity index is 1.93. The summed E-state index contributed by atoms with van der Waals surface area (Å²) in [5.74, 6) is 0.372. The zero-order valence-corrected chi connectivity index (χ0v) is 11.6. The van der Waals surface area contributed by atoms with E-state index in [1.807, 2.05) is 6.07 Å². The molecule has 0 saturated heterocycles. The van der Waals surface area contributed by atoms with Crippen LogP contribution in [0.25, 0.3) is 0 Å². The van der Waals surface area contributed by atoms with Crippen molar-refractivity contribution in [3.05, 3.63) is 34.6 Å². The van der Waals surface area contributed by atoms with Gasteiger partial charge in [-0.15, -0.1) is 0 Å². The molecule has 1 aliphatic carbocycles. The molecule has 1 fully saturated rings. The maximum atomic E-state index is 13.4. The van der Waals surface area contributed by atoms with Gasteiger partial charge in [-0.1, -0.05) is 37.4 Å². The van der Waals surface area contributed by atoms with Crippen LogP contribution >= 0.6 is 11.6 Å². The Morgan fingerprint density at radius 3 is 2.94 bits per heavy atom. The third-order valence-corrected chi connectivity index (χ3v) is 4.09. The Morgan fingerprint density at radius 1 is 1.39 bits per heavy atom. The minimum Gasteiger partial charge on any atom is -0.314 e. The average Bonchev–Trinajstić information content (AvgIpc) is 2.35. The summed E-state index contributed by atoms with van der Waals surface area (Å²) in [6.07, 6.45) is 5.98. The zero-order chi connectivity index (χ0) is 13.0. The van der Waals surface area contributed by atoms with Gasteiger partial charge in [-0.25, -0.2) is 4.39 Å². The van der Waals surface area contributed by atoms with Gasteiger partial charge in [0.05, 0.1) is 5.02 Å². The molecule has 1 aromatic rings. The predicted molar refractivity (Wildman–Crippen MR) is 74.5 cm³/mol. The van der Waals surface area contributed by atoms with Gasteiger partial charge >= 0.3 is 0 Å². The summed E-state index contributed by atoms with van der Waals surface area (Å²) in [7, 11) is 0. The fourth-order valence-electron chi connectivity index (χ4n) is 2.95. The molecule has 18 heavy (non-hydrogen) atoms. The Morgan fingerprint density at radius 2 is 2.22 bits per heavy atom. The number of benzene rings is 1. The molecule has 0 aliphatic heterocycles. The molecule has 0 heterocycles. The van der Waals surface area contributed by atoms with Gasteiger partial charge in [0, 0.05) is 6.04 Å². The molecule has 0 spiro atoms. The summed E-state index contributed by atoms with van der Waals surface area (Å²) < 4.78 is 13.4. The van der Waals surface area contributed by atoms with Gasteiger partial charge in [-0.05, 0) is 49.4 Å². The monoisotopic (exact) mass is 269 g/mol. The normalized spacial score (nSPS) is 24.2. The standard InChI is InChI=1S/C15H21ClFN/c1-2-18-13-5-3-4-11(9-13)8-12-6-7-14(16)15(17)10-12/h6-7,10-11,13,18H,2-5,8-9H2,1H3. The van der Waals surface area contributed by atoms with Crippen LogP contribution in [0.4, 0.5) is 4.39 Å². The minimum absolute atomic E-state index is 0.216. The topological polar surface area (TPSA) is 12.0 Å². The molecule has 2 atom stereocenters. The third kappa shape index (κ3) is 3.69. The predicted octanol–water partition coefficient (Wildman–Crippen LogP) is 4.19. The van der Waals surface area contributed by atoms with Crippen molar-refractivity contribution < 1.29 is 4.39 Å². The molecule has 2 unspecified atom stereocenters. The van der Waals surface area contributed by atoms with Crippen molar-refractivity contribution in [1.29, 1.82) is 0 Å². The van der Waals surface area contributed by atoms with Crippen LogP contribution in [0, 0.1) is 11.7 Å². The summed E-state index contributed by atoms with van der Waals surface area (Å²) in [4.78, 5) is 0. The van der Waals surface area contributed by atoms with Gasteiger partial charge < -0.3 is 5.32 Å². The fourth-order valence-corrected chi connectivity index (χ4v) is 3.07. The Labute approximate surface area is 114 Å². The molecule has 1 aromatic carbocycles. The molecule has 1 saturated carbocycles. The summed E-state index contributed by atoms with van der Waals surface area (Å²) >= 11 is 5.70. The highest BCUT2D eigenvalue weighted by atomic mass is 35.5. The van der Waals surface area contributed by atoms with Crippen LogP contribution in [0.5, 0.6) is 0 Å². The highest BCUT2D eigenvalue weighted by Crippen LogP contribution is 2.28. The van der Waals surface area contributed by atoms with E-state index in [9.17, 15) is 4.39 Å². The lowest BCUT2D eigenvalue weighted by atomic mass is 9.82. The van der Waals surface area contributed by atoms with Crippen molar-refractivity contribution in [2.75, 3.05) is 6.54 Å². The smallest absolute Gasteiger partial charge is 0.142 e. The first-order chi connectivity index (χ1) is 8.69. The molecule has 1 N–H and O–H groups in total. The lowest BCUT2D eigenvalue weighted by Crippen LogP contribution is -2.34. The molecule has 0 bridgehead atoms. The molecule has 0 radical (unpaired) electrons. The number of nitrogens with one attached hydrogen (secondary N) is 1. The molecule has 0 aromatic heterocycles.